The number of pyridine rings is 1. The Kier molecular flexibility index (Phi) is 5.08. The number of nitrogens with zero attached hydrogens (tertiary/aromatic N) is 3. The number of amides is 1. The first-order valence-electron chi connectivity index (χ1n) is 8.21. The van der Waals surface area contributed by atoms with E-state index in [0.717, 1.165) is 12.8 Å². The number of aryl methyl sites for hydroxylation is 1. The van der Waals surface area contributed by atoms with Gasteiger partial charge in [-0.25, -0.2) is 13.8 Å². The van der Waals surface area contributed by atoms with Gasteiger partial charge < -0.3 is 14.6 Å². The van der Waals surface area contributed by atoms with Gasteiger partial charge in [0.05, 0.1) is 5.69 Å². The van der Waals surface area contributed by atoms with E-state index in [1.807, 2.05) is 0 Å². The van der Waals surface area contributed by atoms with E-state index in [2.05, 4.69) is 4.98 Å². The summed E-state index contributed by atoms with van der Waals surface area (Å²) in [5, 5.41) is 9.90. The molecule has 1 saturated heterocycles. The first-order chi connectivity index (χ1) is 11.6. The second-order valence-corrected chi connectivity index (χ2v) is 6.22. The molecule has 0 aromatic carbocycles. The number of carbonyl (C=O) groups excluding carboxylic acids is 1. The minimum absolute atomic E-state index is 0.0638. The summed E-state index contributed by atoms with van der Waals surface area (Å²) in [7, 11) is 0. The van der Waals surface area contributed by atoms with Gasteiger partial charge in [0, 0.05) is 44.2 Å². The van der Waals surface area contributed by atoms with Gasteiger partial charge in [0.25, 0.3) is 6.43 Å². The lowest BCUT2D eigenvalue weighted by atomic mass is 9.99. The summed E-state index contributed by atoms with van der Waals surface area (Å²) >= 11 is 0. The van der Waals surface area contributed by atoms with Crippen LogP contribution < -0.4 is 0 Å². The lowest BCUT2D eigenvalue weighted by Crippen LogP contribution is -2.41. The molecule has 1 unspecified atom stereocenters. The van der Waals surface area contributed by atoms with Crippen molar-refractivity contribution >= 4 is 16.9 Å². The van der Waals surface area contributed by atoms with Gasteiger partial charge in [-0.05, 0) is 37.0 Å². The highest BCUT2D eigenvalue weighted by Crippen LogP contribution is 2.27. The van der Waals surface area contributed by atoms with Crippen molar-refractivity contribution in [3.63, 3.8) is 0 Å². The molecule has 1 aliphatic rings. The van der Waals surface area contributed by atoms with Crippen LogP contribution >= 0.6 is 0 Å². The van der Waals surface area contributed by atoms with Crippen LogP contribution in [-0.2, 0) is 11.3 Å². The maximum absolute atomic E-state index is 13.3. The highest BCUT2D eigenvalue weighted by molar-refractivity contribution is 5.79. The second-order valence-electron chi connectivity index (χ2n) is 6.22. The minimum atomic E-state index is -2.61. The van der Waals surface area contributed by atoms with Crippen molar-refractivity contribution in [2.45, 2.75) is 32.2 Å². The van der Waals surface area contributed by atoms with Gasteiger partial charge >= 0.3 is 0 Å². The summed E-state index contributed by atoms with van der Waals surface area (Å²) in [5.74, 6) is 0.0551. The average Bonchev–Trinajstić information content (AvgIpc) is 2.98. The third-order valence-corrected chi connectivity index (χ3v) is 4.59. The Hall–Kier alpha value is -2.02. The number of rotatable bonds is 5. The molecule has 3 heterocycles. The SMILES string of the molecule is O=C(CCn1c(C(F)F)cc2cccnc21)N1CCCC(CO)C1. The summed E-state index contributed by atoms with van der Waals surface area (Å²) < 4.78 is 28.0. The van der Waals surface area contributed by atoms with Crippen molar-refractivity contribution in [2.75, 3.05) is 19.7 Å². The number of hydrogen-bond acceptors (Lipinski definition) is 3. The second kappa shape index (κ2) is 7.25. The van der Waals surface area contributed by atoms with Gasteiger partial charge in [-0.2, -0.15) is 0 Å². The Morgan fingerprint density at radius 1 is 1.46 bits per heavy atom. The van der Waals surface area contributed by atoms with Crippen molar-refractivity contribution in [1.82, 2.24) is 14.5 Å². The Balaban J connectivity index is 1.73. The first-order valence-corrected chi connectivity index (χ1v) is 8.21. The van der Waals surface area contributed by atoms with Crippen LogP contribution in [0, 0.1) is 5.92 Å². The van der Waals surface area contributed by atoms with Crippen molar-refractivity contribution in [3.8, 4) is 0 Å². The number of halogens is 2. The Bertz CT molecular complexity index is 717. The van der Waals surface area contributed by atoms with Crippen LogP contribution in [0.3, 0.4) is 0 Å². The van der Waals surface area contributed by atoms with Crippen molar-refractivity contribution in [3.05, 3.63) is 30.1 Å². The van der Waals surface area contributed by atoms with Crippen LogP contribution in [0.4, 0.5) is 8.78 Å². The van der Waals surface area contributed by atoms with Gasteiger partial charge in [0.1, 0.15) is 5.65 Å². The molecule has 0 bridgehead atoms. The predicted octanol–water partition coefficient (Wildman–Crippen LogP) is 2.59. The summed E-state index contributed by atoms with van der Waals surface area (Å²) in [6, 6.07) is 4.87. The van der Waals surface area contributed by atoms with Crippen LogP contribution in [-0.4, -0.2) is 45.2 Å². The normalized spacial score (nSPS) is 18.5. The smallest absolute Gasteiger partial charge is 0.278 e. The maximum Gasteiger partial charge on any atom is 0.278 e. The highest BCUT2D eigenvalue weighted by Gasteiger charge is 2.24. The molecular formula is C17H21F2N3O2. The van der Waals surface area contributed by atoms with Gasteiger partial charge in [0.15, 0.2) is 0 Å². The van der Waals surface area contributed by atoms with Crippen molar-refractivity contribution < 1.29 is 18.7 Å². The molecule has 3 rings (SSSR count). The molecule has 1 aliphatic heterocycles. The van der Waals surface area contributed by atoms with E-state index < -0.39 is 6.43 Å². The fourth-order valence-electron chi connectivity index (χ4n) is 3.33. The number of aromatic nitrogens is 2. The molecule has 5 nitrogen and oxygen atoms in total. The zero-order valence-electron chi connectivity index (χ0n) is 13.4. The molecule has 0 radical (unpaired) electrons. The zero-order valence-corrected chi connectivity index (χ0v) is 13.4. The van der Waals surface area contributed by atoms with Gasteiger partial charge in [-0.15, -0.1) is 0 Å². The fraction of sp³-hybridized carbons (Fsp3) is 0.529. The molecule has 0 spiro atoms. The lowest BCUT2D eigenvalue weighted by Gasteiger charge is -2.32. The van der Waals surface area contributed by atoms with Crippen LogP contribution in [0.25, 0.3) is 11.0 Å². The number of carbonyl (C=O) groups is 1. The van der Waals surface area contributed by atoms with E-state index in [-0.39, 0.29) is 37.1 Å². The standard InChI is InChI=1S/C17H21F2N3O2/c18-16(19)14-9-13-4-1-6-20-17(13)22(14)8-5-15(24)21-7-2-3-12(10-21)11-23/h1,4,6,9,12,16,23H,2-3,5,7-8,10-11H2. The molecule has 2 aromatic rings. The predicted molar refractivity (Wildman–Crippen MR) is 85.7 cm³/mol. The Labute approximate surface area is 138 Å². The van der Waals surface area contributed by atoms with Crippen LogP contribution in [0.15, 0.2) is 24.4 Å². The summed E-state index contributed by atoms with van der Waals surface area (Å²) in [6.45, 7) is 1.47. The van der Waals surface area contributed by atoms with E-state index in [9.17, 15) is 18.7 Å². The zero-order chi connectivity index (χ0) is 17.1. The molecule has 2 aromatic heterocycles. The molecule has 24 heavy (non-hydrogen) atoms. The average molecular weight is 337 g/mol. The van der Waals surface area contributed by atoms with E-state index in [1.165, 1.54) is 10.6 Å². The Morgan fingerprint density at radius 3 is 3.04 bits per heavy atom. The molecule has 0 saturated carbocycles. The molecule has 1 amide bonds. The summed E-state index contributed by atoms with van der Waals surface area (Å²) in [6.07, 6.45) is 0.892. The molecule has 1 atom stereocenters. The summed E-state index contributed by atoms with van der Waals surface area (Å²) in [5.41, 5.74) is 0.371. The molecule has 0 aliphatic carbocycles. The van der Waals surface area contributed by atoms with E-state index >= 15 is 0 Å². The fourth-order valence-corrected chi connectivity index (χ4v) is 3.33. The molecular weight excluding hydrogens is 316 g/mol. The number of aliphatic hydroxyl groups is 1. The van der Waals surface area contributed by atoms with E-state index in [0.29, 0.717) is 24.1 Å². The van der Waals surface area contributed by atoms with E-state index in [4.69, 9.17) is 0 Å². The molecule has 1 fully saturated rings. The largest absolute Gasteiger partial charge is 0.396 e. The van der Waals surface area contributed by atoms with Crippen molar-refractivity contribution in [1.29, 1.82) is 0 Å². The summed E-state index contributed by atoms with van der Waals surface area (Å²) in [4.78, 5) is 18.3. The van der Waals surface area contributed by atoms with Gasteiger partial charge in [-0.3, -0.25) is 4.79 Å². The topological polar surface area (TPSA) is 58.4 Å². The number of piperidine rings is 1. The quantitative estimate of drug-likeness (QED) is 0.912. The van der Waals surface area contributed by atoms with E-state index in [1.54, 1.807) is 23.2 Å². The van der Waals surface area contributed by atoms with Crippen LogP contribution in [0.5, 0.6) is 0 Å². The van der Waals surface area contributed by atoms with Gasteiger partial charge in [-0.1, -0.05) is 0 Å². The lowest BCUT2D eigenvalue weighted by molar-refractivity contribution is -0.133. The molecule has 130 valence electrons. The number of aliphatic hydroxyl groups excluding tert-OH is 1. The molecule has 7 heteroatoms. The highest BCUT2D eigenvalue weighted by atomic mass is 19.3. The third-order valence-electron chi connectivity index (χ3n) is 4.59. The molecule has 1 N–H and O–H groups in total. The third kappa shape index (κ3) is 3.40. The Morgan fingerprint density at radius 2 is 2.29 bits per heavy atom. The van der Waals surface area contributed by atoms with Crippen molar-refractivity contribution in [2.24, 2.45) is 5.92 Å². The first kappa shape index (κ1) is 16.8. The van der Waals surface area contributed by atoms with Crippen LogP contribution in [0.2, 0.25) is 0 Å². The number of fused-ring (bicyclic) bond motifs is 1. The number of alkyl halides is 2. The maximum atomic E-state index is 13.3. The van der Waals surface area contributed by atoms with Gasteiger partial charge in [0.2, 0.25) is 5.91 Å². The number of hydrogen-bond donors (Lipinski definition) is 1. The monoisotopic (exact) mass is 337 g/mol. The minimum Gasteiger partial charge on any atom is -0.396 e. The van der Waals surface area contributed by atoms with Crippen LogP contribution in [0.1, 0.15) is 31.4 Å². The number of likely N-dealkylation sites (tertiary alicyclic amines) is 1.